The summed E-state index contributed by atoms with van der Waals surface area (Å²) in [4.78, 5) is 4.48. The molecule has 0 bridgehead atoms. The first-order valence-corrected chi connectivity index (χ1v) is 6.37. The van der Waals surface area contributed by atoms with Crippen LogP contribution in [-0.2, 0) is 0 Å². The molecule has 92 valence electrons. The van der Waals surface area contributed by atoms with E-state index in [1.54, 1.807) is 0 Å². The van der Waals surface area contributed by atoms with Gasteiger partial charge >= 0.3 is 0 Å². The highest BCUT2D eigenvalue weighted by molar-refractivity contribution is 5.82. The van der Waals surface area contributed by atoms with E-state index in [1.807, 2.05) is 12.3 Å². The molecule has 2 aromatic rings. The first-order valence-electron chi connectivity index (χ1n) is 6.37. The van der Waals surface area contributed by atoms with Gasteiger partial charge in [-0.25, -0.2) is 0 Å². The number of hydrogen-bond donors (Lipinski definition) is 1. The number of nitrogens with one attached hydrogen (secondary N) is 1. The van der Waals surface area contributed by atoms with Gasteiger partial charge in [-0.3, -0.25) is 4.98 Å². The Morgan fingerprint density at radius 3 is 2.94 bits per heavy atom. The van der Waals surface area contributed by atoms with Gasteiger partial charge in [0.15, 0.2) is 0 Å². The number of pyridine rings is 1. The maximum Gasteiger partial charge on any atom is 0.0750 e. The lowest BCUT2D eigenvalue weighted by Crippen LogP contribution is -2.22. The topological polar surface area (TPSA) is 24.9 Å². The van der Waals surface area contributed by atoms with Crippen molar-refractivity contribution in [3.05, 3.63) is 42.1 Å². The summed E-state index contributed by atoms with van der Waals surface area (Å²) in [5.41, 5.74) is 2.24. The molecule has 1 heterocycles. The van der Waals surface area contributed by atoms with Crippen LogP contribution in [0.3, 0.4) is 0 Å². The Hall–Kier alpha value is -1.85. The zero-order valence-electron chi connectivity index (χ0n) is 10.7. The van der Waals surface area contributed by atoms with E-state index in [1.165, 1.54) is 5.56 Å². The number of terminal acetylenes is 1. The van der Waals surface area contributed by atoms with Crippen molar-refractivity contribution in [1.29, 1.82) is 0 Å². The summed E-state index contributed by atoms with van der Waals surface area (Å²) >= 11 is 0. The molecule has 0 aliphatic carbocycles. The van der Waals surface area contributed by atoms with Crippen molar-refractivity contribution in [1.82, 2.24) is 10.3 Å². The summed E-state index contributed by atoms with van der Waals surface area (Å²) in [6, 6.07) is 10.5. The van der Waals surface area contributed by atoms with E-state index in [0.717, 1.165) is 23.9 Å². The molecule has 1 aromatic heterocycles. The van der Waals surface area contributed by atoms with Crippen LogP contribution in [0.25, 0.3) is 10.9 Å². The van der Waals surface area contributed by atoms with Crippen molar-refractivity contribution in [2.24, 2.45) is 0 Å². The maximum atomic E-state index is 5.47. The van der Waals surface area contributed by atoms with Gasteiger partial charge in [0.05, 0.1) is 5.52 Å². The van der Waals surface area contributed by atoms with Crippen LogP contribution in [0.2, 0.25) is 0 Å². The zero-order chi connectivity index (χ0) is 12.8. The number of aromatic nitrogens is 1. The molecule has 0 aliphatic heterocycles. The predicted octanol–water partition coefficient (Wildman–Crippen LogP) is 3.30. The minimum atomic E-state index is 0.188. The molecular formula is C16H18N2. The first-order chi connectivity index (χ1) is 8.86. The van der Waals surface area contributed by atoms with E-state index in [9.17, 15) is 0 Å². The Labute approximate surface area is 108 Å². The average Bonchev–Trinajstić information content (AvgIpc) is 2.43. The van der Waals surface area contributed by atoms with Gasteiger partial charge in [0, 0.05) is 24.0 Å². The number of benzene rings is 1. The second kappa shape index (κ2) is 6.18. The molecule has 1 atom stereocenters. The standard InChI is InChI=1S/C16H18N2/c1-3-7-15(17-11-4-2)14-10-5-8-13-9-6-12-18-16(13)14/h1,5-6,8-10,12,15,17H,4,7,11H2,2H3. The molecule has 1 aromatic carbocycles. The molecular weight excluding hydrogens is 220 g/mol. The molecule has 2 nitrogen and oxygen atoms in total. The fourth-order valence-corrected chi connectivity index (χ4v) is 2.14. The fourth-order valence-electron chi connectivity index (χ4n) is 2.14. The Bertz CT molecular complexity index is 549. The lowest BCUT2D eigenvalue weighted by molar-refractivity contribution is 0.545. The molecule has 2 rings (SSSR count). The predicted molar refractivity (Wildman–Crippen MR) is 76.2 cm³/mol. The normalized spacial score (nSPS) is 12.2. The molecule has 1 N–H and O–H groups in total. The van der Waals surface area contributed by atoms with E-state index in [2.05, 4.69) is 47.4 Å². The summed E-state index contributed by atoms with van der Waals surface area (Å²) in [6.07, 6.45) is 9.09. The van der Waals surface area contributed by atoms with Gasteiger partial charge in [-0.15, -0.1) is 12.3 Å². The number of rotatable bonds is 5. The lowest BCUT2D eigenvalue weighted by atomic mass is 10.0. The van der Waals surface area contributed by atoms with Crippen LogP contribution in [0.1, 0.15) is 31.4 Å². The molecule has 0 fully saturated rings. The van der Waals surface area contributed by atoms with Gasteiger partial charge in [0.1, 0.15) is 0 Å². The summed E-state index contributed by atoms with van der Waals surface area (Å²) in [6.45, 7) is 3.12. The molecule has 0 amide bonds. The Morgan fingerprint density at radius 1 is 1.33 bits per heavy atom. The van der Waals surface area contributed by atoms with E-state index in [4.69, 9.17) is 6.42 Å². The second-order valence-corrected chi connectivity index (χ2v) is 4.34. The largest absolute Gasteiger partial charge is 0.309 e. The first kappa shape index (κ1) is 12.6. The van der Waals surface area contributed by atoms with E-state index >= 15 is 0 Å². The summed E-state index contributed by atoms with van der Waals surface area (Å²) < 4.78 is 0. The highest BCUT2D eigenvalue weighted by Crippen LogP contribution is 2.24. The van der Waals surface area contributed by atoms with Gasteiger partial charge in [0.25, 0.3) is 0 Å². The van der Waals surface area contributed by atoms with E-state index in [-0.39, 0.29) is 6.04 Å². The summed E-state index contributed by atoms with van der Waals surface area (Å²) in [5, 5.41) is 4.66. The zero-order valence-corrected chi connectivity index (χ0v) is 10.7. The molecule has 2 heteroatoms. The van der Waals surface area contributed by atoms with Gasteiger partial charge < -0.3 is 5.32 Å². The van der Waals surface area contributed by atoms with Gasteiger partial charge in [-0.05, 0) is 24.6 Å². The minimum absolute atomic E-state index is 0.188. The monoisotopic (exact) mass is 238 g/mol. The van der Waals surface area contributed by atoms with Crippen LogP contribution >= 0.6 is 0 Å². The average molecular weight is 238 g/mol. The molecule has 0 aliphatic rings. The van der Waals surface area contributed by atoms with Crippen LogP contribution in [0, 0.1) is 12.3 Å². The van der Waals surface area contributed by atoms with Crippen molar-refractivity contribution in [2.75, 3.05) is 6.54 Å². The third kappa shape index (κ3) is 2.69. The van der Waals surface area contributed by atoms with Crippen LogP contribution in [0.4, 0.5) is 0 Å². The van der Waals surface area contributed by atoms with Crippen molar-refractivity contribution in [2.45, 2.75) is 25.8 Å². The molecule has 0 saturated heterocycles. The fraction of sp³-hybridized carbons (Fsp3) is 0.312. The van der Waals surface area contributed by atoms with E-state index in [0.29, 0.717) is 6.42 Å². The van der Waals surface area contributed by atoms with Crippen molar-refractivity contribution in [3.63, 3.8) is 0 Å². The van der Waals surface area contributed by atoms with Crippen LogP contribution in [0.15, 0.2) is 36.5 Å². The molecule has 18 heavy (non-hydrogen) atoms. The third-order valence-corrected chi connectivity index (χ3v) is 3.00. The van der Waals surface area contributed by atoms with Crippen LogP contribution in [0.5, 0.6) is 0 Å². The quantitative estimate of drug-likeness (QED) is 0.808. The van der Waals surface area contributed by atoms with Crippen molar-refractivity contribution in [3.8, 4) is 12.3 Å². The number of para-hydroxylation sites is 1. The third-order valence-electron chi connectivity index (χ3n) is 3.00. The number of fused-ring (bicyclic) bond motifs is 1. The minimum Gasteiger partial charge on any atom is -0.309 e. The van der Waals surface area contributed by atoms with Gasteiger partial charge in [-0.1, -0.05) is 31.2 Å². The lowest BCUT2D eigenvalue weighted by Gasteiger charge is -2.17. The number of nitrogens with zero attached hydrogens (tertiary/aromatic N) is 1. The molecule has 0 spiro atoms. The van der Waals surface area contributed by atoms with Crippen molar-refractivity contribution < 1.29 is 0 Å². The second-order valence-electron chi connectivity index (χ2n) is 4.34. The molecule has 0 saturated carbocycles. The van der Waals surface area contributed by atoms with Crippen LogP contribution < -0.4 is 5.32 Å². The Balaban J connectivity index is 2.40. The Morgan fingerprint density at radius 2 is 2.17 bits per heavy atom. The molecule has 1 unspecified atom stereocenters. The highest BCUT2D eigenvalue weighted by Gasteiger charge is 2.12. The Kier molecular flexibility index (Phi) is 4.33. The number of hydrogen-bond acceptors (Lipinski definition) is 2. The summed E-state index contributed by atoms with van der Waals surface area (Å²) in [7, 11) is 0. The van der Waals surface area contributed by atoms with Gasteiger partial charge in [-0.2, -0.15) is 0 Å². The SMILES string of the molecule is C#CCC(NCCC)c1cccc2cccnc12. The van der Waals surface area contributed by atoms with Gasteiger partial charge in [0.2, 0.25) is 0 Å². The van der Waals surface area contributed by atoms with Crippen LogP contribution in [-0.4, -0.2) is 11.5 Å². The molecule has 0 radical (unpaired) electrons. The highest BCUT2D eigenvalue weighted by atomic mass is 14.9. The summed E-state index contributed by atoms with van der Waals surface area (Å²) in [5.74, 6) is 2.75. The smallest absolute Gasteiger partial charge is 0.0750 e. The van der Waals surface area contributed by atoms with Crippen molar-refractivity contribution >= 4 is 10.9 Å². The maximum absolute atomic E-state index is 5.47. The van der Waals surface area contributed by atoms with E-state index < -0.39 is 0 Å².